The minimum atomic E-state index is 1.11. The molecule has 16 atom stereocenters. The van der Waals surface area contributed by atoms with Gasteiger partial charge in [0.15, 0.2) is 0 Å². The summed E-state index contributed by atoms with van der Waals surface area (Å²) in [5, 5.41) is 0. The quantitative estimate of drug-likeness (QED) is 0.280. The molecule has 0 aliphatic heterocycles. The standard InChI is InChI=1S/C49H80/c1-2-10-32(11-3-1)43-29-47(49-31-45-24-37-16-8-9-17-38(37)28-46(45)48(49)30-43)44-26-41(39-20-18-33-12-4-6-14-35(33)22-39)25-42(27-44)40-21-19-34-13-5-7-15-36(34)23-40/h32-49H,1-31H2. The molecule has 0 aromatic rings. The zero-order valence-corrected chi connectivity index (χ0v) is 32.3. The van der Waals surface area contributed by atoms with Crippen molar-refractivity contribution in [2.45, 2.75) is 199 Å². The minimum Gasteiger partial charge on any atom is -0.0533 e. The Morgan fingerprint density at radius 2 is 0.388 bits per heavy atom. The lowest BCUT2D eigenvalue weighted by molar-refractivity contribution is -0.0305. The van der Waals surface area contributed by atoms with Gasteiger partial charge in [0.2, 0.25) is 0 Å². The van der Waals surface area contributed by atoms with E-state index in [0.717, 1.165) is 107 Å². The molecule has 0 bridgehead atoms. The lowest BCUT2D eigenvalue weighted by Crippen LogP contribution is -2.44. The topological polar surface area (TPSA) is 0 Å². The second-order valence-electron chi connectivity index (χ2n) is 22.3. The molecule has 16 unspecified atom stereocenters. The number of rotatable bonds is 4. The normalized spacial score (nSPS) is 53.8. The Balaban J connectivity index is 0.933. The predicted octanol–water partition coefficient (Wildman–Crippen LogP) is 14.3. The lowest BCUT2D eigenvalue weighted by Gasteiger charge is -2.53. The second kappa shape index (κ2) is 14.7. The van der Waals surface area contributed by atoms with Crippen molar-refractivity contribution in [2.24, 2.45) is 107 Å². The molecular weight excluding hydrogens is 589 g/mol. The molecule has 0 saturated heterocycles. The van der Waals surface area contributed by atoms with E-state index in [4.69, 9.17) is 0 Å². The molecule has 10 rings (SSSR count). The highest BCUT2D eigenvalue weighted by molar-refractivity contribution is 5.05. The van der Waals surface area contributed by atoms with Crippen molar-refractivity contribution < 1.29 is 0 Å². The van der Waals surface area contributed by atoms with Gasteiger partial charge in [-0.2, -0.15) is 0 Å². The van der Waals surface area contributed by atoms with Crippen molar-refractivity contribution in [3.63, 3.8) is 0 Å². The van der Waals surface area contributed by atoms with Gasteiger partial charge in [0.25, 0.3) is 0 Å². The van der Waals surface area contributed by atoms with Gasteiger partial charge < -0.3 is 0 Å². The zero-order valence-electron chi connectivity index (χ0n) is 32.3. The van der Waals surface area contributed by atoms with Crippen molar-refractivity contribution in [1.29, 1.82) is 0 Å². The van der Waals surface area contributed by atoms with E-state index in [0.29, 0.717) is 0 Å². The van der Waals surface area contributed by atoms with E-state index in [2.05, 4.69) is 0 Å². The van der Waals surface area contributed by atoms with Crippen LogP contribution < -0.4 is 0 Å². The average Bonchev–Trinajstić information content (AvgIpc) is 3.53. The first-order valence-electron chi connectivity index (χ1n) is 24.2. The summed E-state index contributed by atoms with van der Waals surface area (Å²) in [7, 11) is 0. The minimum absolute atomic E-state index is 1.11. The predicted molar refractivity (Wildman–Crippen MR) is 206 cm³/mol. The largest absolute Gasteiger partial charge is 0.0533 e. The van der Waals surface area contributed by atoms with E-state index in [1.54, 1.807) is 199 Å². The van der Waals surface area contributed by atoms with Gasteiger partial charge >= 0.3 is 0 Å². The Hall–Kier alpha value is 0. The van der Waals surface area contributed by atoms with Crippen LogP contribution in [0.1, 0.15) is 199 Å². The van der Waals surface area contributed by atoms with E-state index >= 15 is 0 Å². The van der Waals surface area contributed by atoms with Crippen molar-refractivity contribution in [3.05, 3.63) is 0 Å². The smallest absolute Gasteiger partial charge is 0.0349 e. The molecule has 0 N–H and O–H groups in total. The molecule has 0 heteroatoms. The maximum Gasteiger partial charge on any atom is -0.0349 e. The van der Waals surface area contributed by atoms with Crippen LogP contribution in [0, 0.1) is 107 Å². The van der Waals surface area contributed by atoms with Gasteiger partial charge in [-0.05, 0) is 196 Å². The lowest BCUT2D eigenvalue weighted by atomic mass is 9.52. The fourth-order valence-corrected chi connectivity index (χ4v) is 18.2. The van der Waals surface area contributed by atoms with Gasteiger partial charge in [-0.3, -0.25) is 0 Å². The maximum absolute atomic E-state index is 1.70. The van der Waals surface area contributed by atoms with E-state index < -0.39 is 0 Å². The zero-order chi connectivity index (χ0) is 32.3. The first-order valence-corrected chi connectivity index (χ1v) is 24.2. The number of hydrogen-bond acceptors (Lipinski definition) is 0. The highest BCUT2D eigenvalue weighted by atomic mass is 14.6. The molecule has 0 aromatic carbocycles. The summed E-state index contributed by atoms with van der Waals surface area (Å²) in [4.78, 5) is 0. The summed E-state index contributed by atoms with van der Waals surface area (Å²) >= 11 is 0. The third kappa shape index (κ3) is 6.71. The van der Waals surface area contributed by atoms with Gasteiger partial charge in [-0.25, -0.2) is 0 Å². The van der Waals surface area contributed by atoms with E-state index in [1.807, 2.05) is 0 Å². The molecule has 0 nitrogen and oxygen atoms in total. The summed E-state index contributed by atoms with van der Waals surface area (Å²) in [5.74, 6) is 20.2. The van der Waals surface area contributed by atoms with Crippen LogP contribution in [0.15, 0.2) is 0 Å². The molecule has 49 heavy (non-hydrogen) atoms. The molecule has 10 aliphatic rings. The third-order valence-corrected chi connectivity index (χ3v) is 20.5. The van der Waals surface area contributed by atoms with Crippen LogP contribution in [0.3, 0.4) is 0 Å². The maximum atomic E-state index is 1.70. The number of fused-ring (bicyclic) bond motifs is 6. The second-order valence-corrected chi connectivity index (χ2v) is 22.3. The summed E-state index contributed by atoms with van der Waals surface area (Å²) in [6.07, 6.45) is 50.3. The van der Waals surface area contributed by atoms with Crippen LogP contribution in [0.5, 0.6) is 0 Å². The summed E-state index contributed by atoms with van der Waals surface area (Å²) in [5.41, 5.74) is 0. The van der Waals surface area contributed by atoms with Crippen molar-refractivity contribution >= 4 is 0 Å². The van der Waals surface area contributed by atoms with E-state index in [1.165, 1.54) is 0 Å². The molecule has 276 valence electrons. The molecular formula is C49H80. The first kappa shape index (κ1) is 33.6. The Morgan fingerprint density at radius 3 is 0.939 bits per heavy atom. The summed E-state index contributed by atoms with van der Waals surface area (Å²) in [6.45, 7) is 0. The number of hydrogen-bond donors (Lipinski definition) is 0. The molecule has 10 fully saturated rings. The van der Waals surface area contributed by atoms with Gasteiger partial charge in [0.05, 0.1) is 0 Å². The average molecular weight is 669 g/mol. The van der Waals surface area contributed by atoms with Crippen molar-refractivity contribution in [2.75, 3.05) is 0 Å². The van der Waals surface area contributed by atoms with E-state index in [9.17, 15) is 0 Å². The van der Waals surface area contributed by atoms with Crippen LogP contribution >= 0.6 is 0 Å². The van der Waals surface area contributed by atoms with Crippen LogP contribution in [0.2, 0.25) is 0 Å². The van der Waals surface area contributed by atoms with Crippen LogP contribution in [-0.4, -0.2) is 0 Å². The highest BCUT2D eigenvalue weighted by Crippen LogP contribution is 2.65. The molecule has 10 aliphatic carbocycles. The molecule has 0 spiro atoms. The molecule has 0 aromatic heterocycles. The first-order chi connectivity index (χ1) is 24.2. The van der Waals surface area contributed by atoms with E-state index in [-0.39, 0.29) is 0 Å². The molecule has 0 radical (unpaired) electrons. The monoisotopic (exact) mass is 669 g/mol. The van der Waals surface area contributed by atoms with Gasteiger partial charge in [-0.1, -0.05) is 109 Å². The van der Waals surface area contributed by atoms with Crippen LogP contribution in [-0.2, 0) is 0 Å². The molecule has 0 heterocycles. The van der Waals surface area contributed by atoms with Crippen LogP contribution in [0.4, 0.5) is 0 Å². The van der Waals surface area contributed by atoms with Gasteiger partial charge in [0.1, 0.15) is 0 Å². The Kier molecular flexibility index (Phi) is 10.1. The third-order valence-electron chi connectivity index (χ3n) is 20.5. The molecule has 10 saturated carbocycles. The van der Waals surface area contributed by atoms with Crippen molar-refractivity contribution in [1.82, 2.24) is 0 Å². The Morgan fingerprint density at radius 1 is 0.143 bits per heavy atom. The van der Waals surface area contributed by atoms with Gasteiger partial charge in [-0.15, -0.1) is 0 Å². The molecule has 0 amide bonds. The van der Waals surface area contributed by atoms with Crippen molar-refractivity contribution in [3.8, 4) is 0 Å². The summed E-state index contributed by atoms with van der Waals surface area (Å²) in [6, 6.07) is 0. The Bertz CT molecular complexity index is 1040. The summed E-state index contributed by atoms with van der Waals surface area (Å²) < 4.78 is 0. The fraction of sp³-hybridized carbons (Fsp3) is 1.00. The Labute approximate surface area is 304 Å². The highest BCUT2D eigenvalue weighted by Gasteiger charge is 2.56. The van der Waals surface area contributed by atoms with Gasteiger partial charge in [0, 0.05) is 0 Å². The van der Waals surface area contributed by atoms with Crippen LogP contribution in [0.25, 0.3) is 0 Å². The fourth-order valence-electron chi connectivity index (χ4n) is 18.2. The SMILES string of the molecule is C1CCC(C2CC(C3CC(C4CCC5CCCCC5C4)CC(C4CCC5CCCCC5C4)C3)C3CC4CC5CCCCC5CC4C3C2)CC1.